The molecule has 37 heavy (non-hydrogen) atoms. The van der Waals surface area contributed by atoms with Crippen molar-refractivity contribution in [1.82, 2.24) is 0 Å². The van der Waals surface area contributed by atoms with Gasteiger partial charge in [0.15, 0.2) is 0 Å². The van der Waals surface area contributed by atoms with Crippen molar-refractivity contribution in [3.8, 4) is 11.1 Å². The number of anilines is 3. The van der Waals surface area contributed by atoms with Gasteiger partial charge in [0.2, 0.25) is 6.71 Å². The van der Waals surface area contributed by atoms with Crippen LogP contribution >= 0.6 is 0 Å². The summed E-state index contributed by atoms with van der Waals surface area (Å²) in [5.41, 5.74) is 19.4. The highest BCUT2D eigenvalue weighted by Crippen LogP contribution is 2.49. The molecule has 1 unspecified atom stereocenters. The van der Waals surface area contributed by atoms with Crippen molar-refractivity contribution in [3.63, 3.8) is 0 Å². The summed E-state index contributed by atoms with van der Waals surface area (Å²) in [6, 6.07) is 27.8. The smallest absolute Gasteiger partial charge is 0.248 e. The fourth-order valence-electron chi connectivity index (χ4n) is 7.52. The Bertz CT molecular complexity index is 1830. The first-order chi connectivity index (χ1) is 18.3. The van der Waals surface area contributed by atoms with Gasteiger partial charge < -0.3 is 4.90 Å². The second-order valence-corrected chi connectivity index (χ2v) is 11.0. The zero-order valence-electron chi connectivity index (χ0n) is 20.7. The standard InChI is InChI=1S/C35H24BN/c1-21-12-17-27-28-8-5-11-32-35(28)36(30(27)18-21)29-9-2-3-10-31(29)37(32)26-19-24-15-13-22-6-4-7-23-14-16-25(20-26)34(24)33(22)23/h2-15,17-20,33H,16H2,1H3. The van der Waals surface area contributed by atoms with Crippen LogP contribution in [-0.4, -0.2) is 6.71 Å². The third-order valence-corrected chi connectivity index (χ3v) is 9.00. The Labute approximate surface area is 217 Å². The number of allylic oxidation sites excluding steroid dienone is 7. The number of rotatable bonds is 1. The van der Waals surface area contributed by atoms with Gasteiger partial charge in [0.25, 0.3) is 0 Å². The van der Waals surface area contributed by atoms with Crippen LogP contribution in [0.25, 0.3) is 17.2 Å². The maximum atomic E-state index is 2.53. The molecule has 2 heterocycles. The molecule has 0 saturated heterocycles. The Morgan fingerprint density at radius 2 is 1.70 bits per heavy atom. The summed E-state index contributed by atoms with van der Waals surface area (Å²) in [7, 11) is 0. The van der Waals surface area contributed by atoms with Crippen LogP contribution in [0.3, 0.4) is 0 Å². The number of nitrogens with zero attached hydrogens (tertiary/aromatic N) is 1. The van der Waals surface area contributed by atoms with Crippen molar-refractivity contribution < 1.29 is 0 Å². The van der Waals surface area contributed by atoms with Crippen LogP contribution in [0.2, 0.25) is 0 Å². The highest BCUT2D eigenvalue weighted by atomic mass is 15.2. The van der Waals surface area contributed by atoms with Crippen molar-refractivity contribution in [2.75, 3.05) is 4.90 Å². The molecule has 0 amide bonds. The van der Waals surface area contributed by atoms with Crippen LogP contribution in [0, 0.1) is 6.92 Å². The molecule has 2 aliphatic heterocycles. The van der Waals surface area contributed by atoms with Gasteiger partial charge in [-0.2, -0.15) is 0 Å². The molecule has 1 atom stereocenters. The van der Waals surface area contributed by atoms with Crippen LogP contribution in [0.15, 0.2) is 114 Å². The SMILES string of the molecule is Cc1ccc2c(c1)B1c3ccccc3N(c3cc4c5c(c3)CC=C3C=CC=C(C=C4)C35)c3cccc-2c31. The predicted octanol–water partition coefficient (Wildman–Crippen LogP) is 6.36. The molecule has 5 aliphatic rings. The summed E-state index contributed by atoms with van der Waals surface area (Å²) in [4.78, 5) is 2.53. The van der Waals surface area contributed by atoms with Crippen molar-refractivity contribution >= 4 is 46.2 Å². The number of benzene rings is 4. The van der Waals surface area contributed by atoms with Crippen LogP contribution in [0.1, 0.15) is 28.2 Å². The molecule has 0 radical (unpaired) electrons. The van der Waals surface area contributed by atoms with E-state index in [2.05, 4.69) is 121 Å². The Morgan fingerprint density at radius 1 is 0.784 bits per heavy atom. The zero-order valence-corrected chi connectivity index (χ0v) is 20.7. The van der Waals surface area contributed by atoms with Gasteiger partial charge >= 0.3 is 0 Å². The first-order valence-electron chi connectivity index (χ1n) is 13.3. The van der Waals surface area contributed by atoms with Gasteiger partial charge in [0.05, 0.1) is 0 Å². The summed E-state index contributed by atoms with van der Waals surface area (Å²) >= 11 is 0. The molecule has 9 rings (SSSR count). The van der Waals surface area contributed by atoms with Gasteiger partial charge in [-0.3, -0.25) is 0 Å². The molecule has 1 nitrogen and oxygen atoms in total. The molecule has 0 spiro atoms. The molecule has 0 saturated carbocycles. The van der Waals surface area contributed by atoms with Crippen LogP contribution in [-0.2, 0) is 6.42 Å². The average molecular weight is 469 g/mol. The van der Waals surface area contributed by atoms with Crippen molar-refractivity contribution in [1.29, 1.82) is 0 Å². The van der Waals surface area contributed by atoms with E-state index < -0.39 is 0 Å². The monoisotopic (exact) mass is 469 g/mol. The van der Waals surface area contributed by atoms with Gasteiger partial charge in [-0.1, -0.05) is 96.0 Å². The molecule has 4 aromatic carbocycles. The van der Waals surface area contributed by atoms with E-state index in [4.69, 9.17) is 0 Å². The molecule has 4 aromatic rings. The van der Waals surface area contributed by atoms with E-state index in [1.165, 1.54) is 78.0 Å². The molecule has 0 bridgehead atoms. The van der Waals surface area contributed by atoms with E-state index in [1.807, 2.05) is 0 Å². The maximum Gasteiger partial charge on any atom is 0.248 e. The molecule has 3 aliphatic carbocycles. The van der Waals surface area contributed by atoms with Crippen molar-refractivity contribution in [2.45, 2.75) is 19.3 Å². The van der Waals surface area contributed by atoms with E-state index in [1.54, 1.807) is 0 Å². The topological polar surface area (TPSA) is 3.24 Å². The fraction of sp³-hybridized carbons (Fsp3) is 0.0857. The minimum Gasteiger partial charge on any atom is -0.311 e. The van der Waals surface area contributed by atoms with E-state index in [0.29, 0.717) is 5.92 Å². The van der Waals surface area contributed by atoms with E-state index >= 15 is 0 Å². The zero-order chi connectivity index (χ0) is 24.2. The van der Waals surface area contributed by atoms with Gasteiger partial charge in [0.1, 0.15) is 0 Å². The molecular formula is C35H24BN. The summed E-state index contributed by atoms with van der Waals surface area (Å²) in [5, 5.41) is 0. The Kier molecular flexibility index (Phi) is 3.71. The summed E-state index contributed by atoms with van der Waals surface area (Å²) in [6.45, 7) is 2.50. The quantitative estimate of drug-likeness (QED) is 0.253. The number of aryl methyl sites for hydroxylation is 1. The highest BCUT2D eigenvalue weighted by Gasteiger charge is 2.42. The lowest BCUT2D eigenvalue weighted by molar-refractivity contribution is 0.892. The van der Waals surface area contributed by atoms with E-state index in [-0.39, 0.29) is 6.71 Å². The molecule has 0 fully saturated rings. The van der Waals surface area contributed by atoms with Gasteiger partial charge in [0, 0.05) is 23.0 Å². The fourth-order valence-corrected chi connectivity index (χ4v) is 7.52. The van der Waals surface area contributed by atoms with E-state index in [9.17, 15) is 0 Å². The Hall–Kier alpha value is -4.30. The summed E-state index contributed by atoms with van der Waals surface area (Å²) in [6.07, 6.45) is 14.8. The normalized spacial score (nSPS) is 18.6. The van der Waals surface area contributed by atoms with E-state index in [0.717, 1.165) is 6.42 Å². The minimum atomic E-state index is 0.289. The summed E-state index contributed by atoms with van der Waals surface area (Å²) in [5.74, 6) is 0.388. The van der Waals surface area contributed by atoms with Crippen LogP contribution in [0.4, 0.5) is 17.1 Å². The third kappa shape index (κ3) is 2.50. The largest absolute Gasteiger partial charge is 0.311 e. The lowest BCUT2D eigenvalue weighted by Crippen LogP contribution is -2.54. The van der Waals surface area contributed by atoms with Gasteiger partial charge in [-0.25, -0.2) is 0 Å². The number of hydrogen-bond donors (Lipinski definition) is 0. The second-order valence-electron chi connectivity index (χ2n) is 11.0. The molecular weight excluding hydrogens is 445 g/mol. The number of fused-ring (bicyclic) bond motifs is 5. The maximum absolute atomic E-state index is 2.53. The molecule has 172 valence electrons. The minimum absolute atomic E-state index is 0.289. The molecule has 0 aromatic heterocycles. The lowest BCUT2D eigenvalue weighted by Gasteiger charge is -2.38. The Morgan fingerprint density at radius 3 is 2.68 bits per heavy atom. The lowest BCUT2D eigenvalue weighted by atomic mass is 9.37. The Balaban J connectivity index is 1.30. The number of hydrogen-bond acceptors (Lipinski definition) is 1. The highest BCUT2D eigenvalue weighted by molar-refractivity contribution is 7.01. The average Bonchev–Trinajstić information content (AvgIpc) is 3.26. The molecule has 2 heteroatoms. The summed E-state index contributed by atoms with van der Waals surface area (Å²) < 4.78 is 0. The van der Waals surface area contributed by atoms with Crippen molar-refractivity contribution in [3.05, 3.63) is 137 Å². The number of para-hydroxylation sites is 1. The molecule has 0 N–H and O–H groups in total. The second kappa shape index (κ2) is 6.92. The third-order valence-electron chi connectivity index (χ3n) is 9.00. The first kappa shape index (κ1) is 19.8. The van der Waals surface area contributed by atoms with Gasteiger partial charge in [-0.15, -0.1) is 0 Å². The van der Waals surface area contributed by atoms with Crippen LogP contribution < -0.4 is 21.3 Å². The van der Waals surface area contributed by atoms with Gasteiger partial charge in [-0.05, 0) is 87.5 Å². The first-order valence-corrected chi connectivity index (χ1v) is 13.3. The van der Waals surface area contributed by atoms with Crippen LogP contribution in [0.5, 0.6) is 0 Å². The van der Waals surface area contributed by atoms with Crippen molar-refractivity contribution in [2.24, 2.45) is 0 Å². The predicted molar refractivity (Wildman–Crippen MR) is 157 cm³/mol.